The first-order valence-electron chi connectivity index (χ1n) is 8.75. The number of benzene rings is 1. The predicted octanol–water partition coefficient (Wildman–Crippen LogP) is 5.19. The van der Waals surface area contributed by atoms with E-state index < -0.39 is 0 Å². The highest BCUT2D eigenvalue weighted by atomic mass is 35.5. The van der Waals surface area contributed by atoms with Crippen LogP contribution in [0.3, 0.4) is 0 Å². The van der Waals surface area contributed by atoms with Crippen LogP contribution in [0.25, 0.3) is 0 Å². The smallest absolute Gasteiger partial charge is 0.254 e. The molecule has 0 aliphatic carbocycles. The Hall–Kier alpha value is -2.06. The van der Waals surface area contributed by atoms with Crippen LogP contribution in [0.15, 0.2) is 52.9 Å². The van der Waals surface area contributed by atoms with E-state index in [1.54, 1.807) is 11.0 Å². The van der Waals surface area contributed by atoms with E-state index in [0.717, 1.165) is 20.5 Å². The second kappa shape index (κ2) is 8.75. The second-order valence-electron chi connectivity index (χ2n) is 6.24. The van der Waals surface area contributed by atoms with Crippen LogP contribution >= 0.6 is 46.3 Å². The zero-order chi connectivity index (χ0) is 20.4. The van der Waals surface area contributed by atoms with Gasteiger partial charge in [0, 0.05) is 11.4 Å². The summed E-state index contributed by atoms with van der Waals surface area (Å²) in [6.07, 6.45) is 2.13. The number of hydrogen-bond donors (Lipinski definition) is 1. The fourth-order valence-corrected chi connectivity index (χ4v) is 5.07. The Kier molecular flexibility index (Phi) is 6.10. The summed E-state index contributed by atoms with van der Waals surface area (Å²) in [6, 6.07) is 11.2. The lowest BCUT2D eigenvalue weighted by Crippen LogP contribution is -2.32. The third-order valence-electron chi connectivity index (χ3n) is 4.41. The van der Waals surface area contributed by atoms with Crippen LogP contribution in [0.1, 0.15) is 15.9 Å². The minimum Gasteiger partial charge on any atom is -0.352 e. The number of pyridine rings is 1. The summed E-state index contributed by atoms with van der Waals surface area (Å²) >= 11 is 15.2. The molecular formula is C20H15Cl2N3O2S2. The van der Waals surface area contributed by atoms with Crippen LogP contribution in [0.2, 0.25) is 9.49 Å². The Balaban J connectivity index is 1.55. The fourth-order valence-electron chi connectivity index (χ4n) is 3.01. The van der Waals surface area contributed by atoms with Crippen molar-refractivity contribution in [2.75, 3.05) is 17.2 Å². The van der Waals surface area contributed by atoms with Crippen molar-refractivity contribution in [2.45, 2.75) is 11.3 Å². The summed E-state index contributed by atoms with van der Waals surface area (Å²) in [5.74, 6) is -0.0955. The molecule has 2 amide bonds. The first-order chi connectivity index (χ1) is 14.0. The zero-order valence-electron chi connectivity index (χ0n) is 15.0. The third kappa shape index (κ3) is 4.28. The highest BCUT2D eigenvalue weighted by Gasteiger charge is 2.27. The van der Waals surface area contributed by atoms with Crippen molar-refractivity contribution in [3.05, 3.63) is 68.6 Å². The fraction of sp³-hybridized carbons (Fsp3) is 0.150. The van der Waals surface area contributed by atoms with Crippen LogP contribution in [-0.4, -0.2) is 29.1 Å². The van der Waals surface area contributed by atoms with E-state index in [4.69, 9.17) is 23.2 Å². The Bertz CT molecular complexity index is 1090. The number of carbonyl (C=O) groups excluding carboxylic acids is 2. The van der Waals surface area contributed by atoms with Crippen molar-refractivity contribution in [3.8, 4) is 0 Å². The average Bonchev–Trinajstić information content (AvgIpc) is 3.13. The first kappa shape index (κ1) is 20.2. The van der Waals surface area contributed by atoms with Crippen molar-refractivity contribution in [1.82, 2.24) is 10.3 Å². The van der Waals surface area contributed by atoms with Crippen molar-refractivity contribution in [1.29, 1.82) is 0 Å². The van der Waals surface area contributed by atoms with E-state index in [0.29, 0.717) is 24.4 Å². The van der Waals surface area contributed by atoms with Gasteiger partial charge in [-0.3, -0.25) is 14.5 Å². The van der Waals surface area contributed by atoms with Gasteiger partial charge in [-0.2, -0.15) is 0 Å². The number of amides is 2. The number of nitrogens with zero attached hydrogens (tertiary/aromatic N) is 2. The largest absolute Gasteiger partial charge is 0.352 e. The van der Waals surface area contributed by atoms with E-state index in [1.165, 1.54) is 29.3 Å². The van der Waals surface area contributed by atoms with Crippen LogP contribution in [0, 0.1) is 0 Å². The maximum absolute atomic E-state index is 12.7. The number of carbonyl (C=O) groups is 2. The topological polar surface area (TPSA) is 62.3 Å². The molecule has 0 saturated carbocycles. The van der Waals surface area contributed by atoms with Gasteiger partial charge in [0.2, 0.25) is 5.91 Å². The Morgan fingerprint density at radius 3 is 2.86 bits per heavy atom. The van der Waals surface area contributed by atoms with Crippen molar-refractivity contribution < 1.29 is 9.59 Å². The molecule has 0 saturated heterocycles. The SMILES string of the molecule is O=C(NCCc1ccsc1Cl)c1cc(N2C(=O)CSc3ccccc32)cnc1Cl. The molecule has 1 aliphatic rings. The van der Waals surface area contributed by atoms with Crippen LogP contribution < -0.4 is 10.2 Å². The lowest BCUT2D eigenvalue weighted by Gasteiger charge is -2.29. The number of rotatable bonds is 5. The molecule has 4 rings (SSSR count). The summed E-state index contributed by atoms with van der Waals surface area (Å²) < 4.78 is 0.723. The molecule has 3 heterocycles. The number of para-hydroxylation sites is 1. The van der Waals surface area contributed by atoms with Gasteiger partial charge in [-0.15, -0.1) is 23.1 Å². The van der Waals surface area contributed by atoms with Crippen LogP contribution in [0.4, 0.5) is 11.4 Å². The van der Waals surface area contributed by atoms with E-state index in [2.05, 4.69) is 10.3 Å². The lowest BCUT2D eigenvalue weighted by atomic mass is 10.2. The van der Waals surface area contributed by atoms with Gasteiger partial charge in [0.15, 0.2) is 0 Å². The molecule has 5 nitrogen and oxygen atoms in total. The number of hydrogen-bond acceptors (Lipinski definition) is 5. The van der Waals surface area contributed by atoms with Gasteiger partial charge >= 0.3 is 0 Å². The van der Waals surface area contributed by atoms with Crippen LogP contribution in [0.5, 0.6) is 0 Å². The molecule has 0 atom stereocenters. The van der Waals surface area contributed by atoms with Gasteiger partial charge in [0.05, 0.1) is 33.2 Å². The summed E-state index contributed by atoms with van der Waals surface area (Å²) in [4.78, 5) is 32.0. The van der Waals surface area contributed by atoms with E-state index in [9.17, 15) is 9.59 Å². The number of thioether (sulfide) groups is 1. The summed E-state index contributed by atoms with van der Waals surface area (Å²) in [7, 11) is 0. The summed E-state index contributed by atoms with van der Waals surface area (Å²) in [5.41, 5.74) is 2.50. The lowest BCUT2D eigenvalue weighted by molar-refractivity contribution is -0.115. The Morgan fingerprint density at radius 2 is 2.07 bits per heavy atom. The van der Waals surface area contributed by atoms with Gasteiger partial charge < -0.3 is 5.32 Å². The molecule has 0 unspecified atom stereocenters. The minimum absolute atomic E-state index is 0.0729. The molecule has 0 bridgehead atoms. The van der Waals surface area contributed by atoms with Gasteiger partial charge in [0.25, 0.3) is 5.91 Å². The number of nitrogens with one attached hydrogen (secondary N) is 1. The molecule has 0 radical (unpaired) electrons. The maximum atomic E-state index is 12.7. The first-order valence-corrected chi connectivity index (χ1v) is 11.4. The van der Waals surface area contributed by atoms with E-state index in [-0.39, 0.29) is 22.5 Å². The molecule has 0 spiro atoms. The molecular weight excluding hydrogens is 449 g/mol. The molecule has 29 heavy (non-hydrogen) atoms. The van der Waals surface area contributed by atoms with Crippen molar-refractivity contribution in [3.63, 3.8) is 0 Å². The van der Waals surface area contributed by atoms with Crippen LogP contribution in [-0.2, 0) is 11.2 Å². The molecule has 2 aromatic heterocycles. The summed E-state index contributed by atoms with van der Waals surface area (Å²) in [5, 5.41) is 4.84. The Labute approximate surface area is 186 Å². The monoisotopic (exact) mass is 463 g/mol. The molecule has 148 valence electrons. The van der Waals surface area contributed by atoms with Gasteiger partial charge in [0.1, 0.15) is 5.15 Å². The standard InChI is InChI=1S/C20H15Cl2N3O2S2/c21-18-14(20(27)23-7-5-12-6-8-28-19(12)22)9-13(10-24-18)25-15-3-1-2-4-16(15)29-11-17(25)26/h1-4,6,8-10H,5,7,11H2,(H,23,27). The average molecular weight is 464 g/mol. The number of halogens is 2. The van der Waals surface area contributed by atoms with E-state index >= 15 is 0 Å². The number of fused-ring (bicyclic) bond motifs is 1. The Morgan fingerprint density at radius 1 is 1.24 bits per heavy atom. The zero-order valence-corrected chi connectivity index (χ0v) is 18.2. The predicted molar refractivity (Wildman–Crippen MR) is 119 cm³/mol. The molecule has 9 heteroatoms. The molecule has 1 N–H and O–H groups in total. The second-order valence-corrected chi connectivity index (χ2v) is 9.14. The molecule has 1 aromatic carbocycles. The van der Waals surface area contributed by atoms with Crippen molar-refractivity contribution >= 4 is 69.5 Å². The van der Waals surface area contributed by atoms with Gasteiger partial charge in [-0.25, -0.2) is 4.98 Å². The quantitative estimate of drug-likeness (QED) is 0.528. The normalized spacial score (nSPS) is 13.3. The molecule has 1 aliphatic heterocycles. The van der Waals surface area contributed by atoms with Gasteiger partial charge in [-0.1, -0.05) is 35.3 Å². The third-order valence-corrected chi connectivity index (χ3v) is 7.01. The number of aromatic nitrogens is 1. The maximum Gasteiger partial charge on any atom is 0.254 e. The number of thiophene rings is 1. The number of anilines is 2. The minimum atomic E-state index is -0.345. The summed E-state index contributed by atoms with van der Waals surface area (Å²) in [6.45, 7) is 0.415. The highest BCUT2D eigenvalue weighted by molar-refractivity contribution is 8.00. The van der Waals surface area contributed by atoms with E-state index in [1.807, 2.05) is 35.7 Å². The molecule has 3 aromatic rings. The van der Waals surface area contributed by atoms with Gasteiger partial charge in [-0.05, 0) is 41.6 Å². The highest BCUT2D eigenvalue weighted by Crippen LogP contribution is 2.39. The van der Waals surface area contributed by atoms with Crippen molar-refractivity contribution in [2.24, 2.45) is 0 Å². The molecule has 0 fully saturated rings.